The van der Waals surface area contributed by atoms with E-state index < -0.39 is 0 Å². The van der Waals surface area contributed by atoms with Gasteiger partial charge in [-0.05, 0) is 66.0 Å². The van der Waals surface area contributed by atoms with Crippen LogP contribution in [0, 0.1) is 12.8 Å². The number of nitrogens with zero attached hydrogens (tertiary/aromatic N) is 2. The lowest BCUT2D eigenvalue weighted by atomic mass is 10.0. The van der Waals surface area contributed by atoms with E-state index in [-0.39, 0.29) is 5.54 Å². The molecule has 0 radical (unpaired) electrons. The van der Waals surface area contributed by atoms with Crippen molar-refractivity contribution in [3.05, 3.63) is 17.5 Å². The Balaban J connectivity index is 2.42. The zero-order valence-electron chi connectivity index (χ0n) is 12.9. The molecule has 0 saturated carbocycles. The molecule has 1 unspecified atom stereocenters. The van der Waals surface area contributed by atoms with E-state index in [2.05, 4.69) is 62.7 Å². The van der Waals surface area contributed by atoms with Crippen LogP contribution in [0.3, 0.4) is 0 Å². The van der Waals surface area contributed by atoms with Crippen molar-refractivity contribution in [1.82, 2.24) is 15.1 Å². The molecule has 18 heavy (non-hydrogen) atoms. The molecule has 0 bridgehead atoms. The van der Waals surface area contributed by atoms with Crippen LogP contribution in [0.15, 0.2) is 6.07 Å². The van der Waals surface area contributed by atoms with E-state index in [1.807, 2.05) is 0 Å². The third-order valence-electron chi connectivity index (χ3n) is 3.14. The molecule has 0 fully saturated rings. The molecular formula is C15H29N3. The largest absolute Gasteiger partial charge is 0.312 e. The van der Waals surface area contributed by atoms with Gasteiger partial charge in [0.05, 0.1) is 5.69 Å². The Hall–Kier alpha value is -0.830. The molecule has 0 amide bonds. The number of aromatic nitrogens is 2. The molecule has 104 valence electrons. The predicted octanol–water partition coefficient (Wildman–Crippen LogP) is 3.17. The van der Waals surface area contributed by atoms with Crippen LogP contribution in [-0.2, 0) is 13.0 Å². The van der Waals surface area contributed by atoms with Crippen LogP contribution in [0.5, 0.6) is 0 Å². The lowest BCUT2D eigenvalue weighted by Crippen LogP contribution is -2.37. The van der Waals surface area contributed by atoms with Gasteiger partial charge in [-0.2, -0.15) is 5.10 Å². The Bertz CT molecular complexity index is 360. The molecule has 1 aromatic rings. The molecule has 1 atom stereocenters. The van der Waals surface area contributed by atoms with Gasteiger partial charge in [-0.25, -0.2) is 0 Å². The summed E-state index contributed by atoms with van der Waals surface area (Å²) in [7, 11) is 0. The van der Waals surface area contributed by atoms with Crippen molar-refractivity contribution < 1.29 is 0 Å². The fourth-order valence-corrected chi connectivity index (χ4v) is 2.19. The average molecular weight is 251 g/mol. The van der Waals surface area contributed by atoms with Gasteiger partial charge in [-0.1, -0.05) is 6.92 Å². The average Bonchev–Trinajstić information content (AvgIpc) is 2.56. The summed E-state index contributed by atoms with van der Waals surface area (Å²) >= 11 is 0. The predicted molar refractivity (Wildman–Crippen MR) is 77.9 cm³/mol. The van der Waals surface area contributed by atoms with Crippen molar-refractivity contribution in [2.24, 2.45) is 5.92 Å². The maximum absolute atomic E-state index is 4.50. The number of rotatable bonds is 6. The minimum atomic E-state index is 0.224. The van der Waals surface area contributed by atoms with Gasteiger partial charge >= 0.3 is 0 Å². The summed E-state index contributed by atoms with van der Waals surface area (Å²) in [6, 6.07) is 2.22. The smallest absolute Gasteiger partial charge is 0.0596 e. The van der Waals surface area contributed by atoms with Gasteiger partial charge in [0.1, 0.15) is 0 Å². The Morgan fingerprint density at radius 2 is 2.06 bits per heavy atom. The van der Waals surface area contributed by atoms with Crippen molar-refractivity contribution in [1.29, 1.82) is 0 Å². The zero-order chi connectivity index (χ0) is 13.8. The second kappa shape index (κ2) is 6.37. The van der Waals surface area contributed by atoms with E-state index in [0.717, 1.165) is 25.2 Å². The standard InChI is InChI=1S/C15H29N3/c1-7-18-14(11-13(3)17-18)10-12(2)8-9-16-15(4,5)6/h11-12,16H,7-10H2,1-6H3. The second-order valence-corrected chi connectivity index (χ2v) is 6.37. The molecule has 0 spiro atoms. The summed E-state index contributed by atoms with van der Waals surface area (Å²) in [6.07, 6.45) is 2.34. The first-order valence-corrected chi connectivity index (χ1v) is 7.10. The monoisotopic (exact) mass is 251 g/mol. The SMILES string of the molecule is CCn1nc(C)cc1CC(C)CCNC(C)(C)C. The lowest BCUT2D eigenvalue weighted by Gasteiger charge is -2.22. The fourth-order valence-electron chi connectivity index (χ4n) is 2.19. The quantitative estimate of drug-likeness (QED) is 0.841. The molecule has 0 aliphatic heterocycles. The fraction of sp³-hybridized carbons (Fsp3) is 0.800. The molecule has 3 nitrogen and oxygen atoms in total. The van der Waals surface area contributed by atoms with E-state index in [0.29, 0.717) is 5.92 Å². The molecule has 0 saturated heterocycles. The minimum absolute atomic E-state index is 0.224. The summed E-state index contributed by atoms with van der Waals surface area (Å²) < 4.78 is 2.13. The first-order valence-electron chi connectivity index (χ1n) is 7.10. The summed E-state index contributed by atoms with van der Waals surface area (Å²) in [6.45, 7) is 15.3. The van der Waals surface area contributed by atoms with Gasteiger partial charge in [0.15, 0.2) is 0 Å². The van der Waals surface area contributed by atoms with E-state index in [9.17, 15) is 0 Å². The van der Waals surface area contributed by atoms with Gasteiger partial charge in [0.2, 0.25) is 0 Å². The molecule has 3 heteroatoms. The van der Waals surface area contributed by atoms with Crippen LogP contribution >= 0.6 is 0 Å². The van der Waals surface area contributed by atoms with Gasteiger partial charge in [-0.15, -0.1) is 0 Å². The molecule has 1 aromatic heterocycles. The third-order valence-corrected chi connectivity index (χ3v) is 3.14. The van der Waals surface area contributed by atoms with Gasteiger partial charge in [-0.3, -0.25) is 4.68 Å². The van der Waals surface area contributed by atoms with Crippen LogP contribution in [-0.4, -0.2) is 21.9 Å². The highest BCUT2D eigenvalue weighted by Gasteiger charge is 2.12. The molecule has 1 heterocycles. The highest BCUT2D eigenvalue weighted by molar-refractivity contribution is 5.09. The molecule has 1 rings (SSSR count). The van der Waals surface area contributed by atoms with Crippen LogP contribution in [0.2, 0.25) is 0 Å². The van der Waals surface area contributed by atoms with Crippen molar-refractivity contribution in [2.45, 2.75) is 66.5 Å². The van der Waals surface area contributed by atoms with E-state index in [1.165, 1.54) is 12.1 Å². The molecular weight excluding hydrogens is 222 g/mol. The highest BCUT2D eigenvalue weighted by Crippen LogP contribution is 2.13. The summed E-state index contributed by atoms with van der Waals surface area (Å²) in [5.74, 6) is 0.696. The summed E-state index contributed by atoms with van der Waals surface area (Å²) in [4.78, 5) is 0. The van der Waals surface area contributed by atoms with Crippen LogP contribution < -0.4 is 5.32 Å². The minimum Gasteiger partial charge on any atom is -0.312 e. The number of nitrogens with one attached hydrogen (secondary N) is 1. The van der Waals surface area contributed by atoms with Crippen molar-refractivity contribution in [2.75, 3.05) is 6.54 Å². The van der Waals surface area contributed by atoms with E-state index in [4.69, 9.17) is 0 Å². The van der Waals surface area contributed by atoms with Crippen molar-refractivity contribution >= 4 is 0 Å². The highest BCUT2D eigenvalue weighted by atomic mass is 15.3. The number of aryl methyl sites for hydroxylation is 2. The molecule has 0 aliphatic rings. The Morgan fingerprint density at radius 1 is 1.39 bits per heavy atom. The topological polar surface area (TPSA) is 29.9 Å². The second-order valence-electron chi connectivity index (χ2n) is 6.37. The van der Waals surface area contributed by atoms with E-state index >= 15 is 0 Å². The summed E-state index contributed by atoms with van der Waals surface area (Å²) in [5.41, 5.74) is 2.73. The number of hydrogen-bond acceptors (Lipinski definition) is 2. The molecule has 1 N–H and O–H groups in total. The number of hydrogen-bond donors (Lipinski definition) is 1. The molecule has 0 aliphatic carbocycles. The van der Waals surface area contributed by atoms with Crippen LogP contribution in [0.25, 0.3) is 0 Å². The first kappa shape index (κ1) is 15.2. The maximum atomic E-state index is 4.50. The van der Waals surface area contributed by atoms with Crippen molar-refractivity contribution in [3.63, 3.8) is 0 Å². The zero-order valence-corrected chi connectivity index (χ0v) is 12.9. The normalized spacial score (nSPS) is 13.9. The Morgan fingerprint density at radius 3 is 2.61 bits per heavy atom. The Kier molecular flexibility index (Phi) is 5.39. The van der Waals surface area contributed by atoms with Crippen LogP contribution in [0.4, 0.5) is 0 Å². The van der Waals surface area contributed by atoms with Crippen LogP contribution in [0.1, 0.15) is 52.4 Å². The van der Waals surface area contributed by atoms with Crippen molar-refractivity contribution in [3.8, 4) is 0 Å². The van der Waals surface area contributed by atoms with Gasteiger partial charge in [0.25, 0.3) is 0 Å². The first-order chi connectivity index (χ1) is 8.31. The Labute approximate surface area is 112 Å². The van der Waals surface area contributed by atoms with E-state index in [1.54, 1.807) is 0 Å². The summed E-state index contributed by atoms with van der Waals surface area (Å²) in [5, 5.41) is 8.05. The van der Waals surface area contributed by atoms with Gasteiger partial charge < -0.3 is 5.32 Å². The lowest BCUT2D eigenvalue weighted by molar-refractivity contribution is 0.390. The van der Waals surface area contributed by atoms with Gasteiger partial charge in [0, 0.05) is 17.8 Å². The maximum Gasteiger partial charge on any atom is 0.0596 e. The molecule has 0 aromatic carbocycles. The third kappa shape index (κ3) is 5.21.